The molecule has 0 bridgehead atoms. The van der Waals surface area contributed by atoms with Crippen LogP contribution in [0.1, 0.15) is 53.4 Å². The second kappa shape index (κ2) is 4.42. The van der Waals surface area contributed by atoms with Gasteiger partial charge in [0.15, 0.2) is 0 Å². The molecule has 1 aliphatic rings. The lowest BCUT2D eigenvalue weighted by molar-refractivity contribution is -0.0146. The molecule has 0 aromatic heterocycles. The fourth-order valence-corrected chi connectivity index (χ4v) is 3.50. The Morgan fingerprint density at radius 3 is 2.40 bits per heavy atom. The Morgan fingerprint density at radius 2 is 1.93 bits per heavy atom. The molecule has 0 aromatic rings. The summed E-state index contributed by atoms with van der Waals surface area (Å²) >= 11 is 0. The molecule has 0 radical (unpaired) electrons. The van der Waals surface area contributed by atoms with Gasteiger partial charge in [0.25, 0.3) is 0 Å². The largest absolute Gasteiger partial charge is 0.396 e. The summed E-state index contributed by atoms with van der Waals surface area (Å²) in [6.45, 7) is 9.12. The van der Waals surface area contributed by atoms with Gasteiger partial charge in [0.05, 0.1) is 0 Å². The standard InChI is InChI=1S/C13H27NO/c1-10-5-6-11(2)13(9-10,7-8-15)12(3,4)14/h10-11,15H,5-9,14H2,1-4H3. The lowest BCUT2D eigenvalue weighted by atomic mass is 9.54. The minimum Gasteiger partial charge on any atom is -0.396 e. The van der Waals surface area contributed by atoms with Gasteiger partial charge in [-0.25, -0.2) is 0 Å². The van der Waals surface area contributed by atoms with Crippen molar-refractivity contribution < 1.29 is 5.11 Å². The molecular formula is C13H27NO. The lowest BCUT2D eigenvalue weighted by Crippen LogP contribution is -2.56. The first kappa shape index (κ1) is 13.0. The van der Waals surface area contributed by atoms with Crippen molar-refractivity contribution in [1.82, 2.24) is 0 Å². The first-order chi connectivity index (χ1) is 6.83. The van der Waals surface area contributed by atoms with E-state index in [-0.39, 0.29) is 17.6 Å². The maximum atomic E-state index is 9.30. The Kier molecular flexibility index (Phi) is 3.83. The van der Waals surface area contributed by atoms with Crippen LogP contribution in [-0.4, -0.2) is 17.3 Å². The molecule has 1 saturated carbocycles. The molecule has 0 spiro atoms. The summed E-state index contributed by atoms with van der Waals surface area (Å²) in [7, 11) is 0. The summed E-state index contributed by atoms with van der Waals surface area (Å²) in [6, 6.07) is 0. The molecule has 0 saturated heterocycles. The van der Waals surface area contributed by atoms with Crippen LogP contribution in [0.15, 0.2) is 0 Å². The molecule has 0 aliphatic heterocycles. The minimum atomic E-state index is -0.191. The molecular weight excluding hydrogens is 186 g/mol. The molecule has 15 heavy (non-hydrogen) atoms. The topological polar surface area (TPSA) is 46.2 Å². The maximum absolute atomic E-state index is 9.30. The SMILES string of the molecule is CC1CCC(C)C(CCO)(C(C)(C)N)C1. The number of aliphatic hydroxyl groups is 1. The third-order valence-corrected chi connectivity index (χ3v) is 4.59. The minimum absolute atomic E-state index is 0.124. The zero-order valence-electron chi connectivity index (χ0n) is 10.7. The summed E-state index contributed by atoms with van der Waals surface area (Å²) in [5, 5.41) is 9.30. The smallest absolute Gasteiger partial charge is 0.0437 e. The van der Waals surface area contributed by atoms with E-state index >= 15 is 0 Å². The number of nitrogens with two attached hydrogens (primary N) is 1. The highest BCUT2D eigenvalue weighted by Crippen LogP contribution is 2.51. The predicted molar refractivity (Wildman–Crippen MR) is 64.6 cm³/mol. The van der Waals surface area contributed by atoms with Gasteiger partial charge in [-0.1, -0.05) is 20.3 Å². The third kappa shape index (κ3) is 2.36. The maximum Gasteiger partial charge on any atom is 0.0437 e. The molecule has 3 unspecified atom stereocenters. The molecule has 1 fully saturated rings. The van der Waals surface area contributed by atoms with E-state index in [1.165, 1.54) is 12.8 Å². The molecule has 2 nitrogen and oxygen atoms in total. The highest BCUT2D eigenvalue weighted by molar-refractivity contribution is 5.02. The van der Waals surface area contributed by atoms with Gasteiger partial charge in [-0.2, -0.15) is 0 Å². The molecule has 0 heterocycles. The van der Waals surface area contributed by atoms with Gasteiger partial charge >= 0.3 is 0 Å². The van der Waals surface area contributed by atoms with Crippen molar-refractivity contribution in [2.45, 2.75) is 58.9 Å². The number of aliphatic hydroxyl groups excluding tert-OH is 1. The molecule has 3 atom stereocenters. The number of rotatable bonds is 3. The first-order valence-electron chi connectivity index (χ1n) is 6.23. The summed E-state index contributed by atoms with van der Waals surface area (Å²) in [5.74, 6) is 1.37. The van der Waals surface area contributed by atoms with Gasteiger partial charge in [-0.3, -0.25) is 0 Å². The third-order valence-electron chi connectivity index (χ3n) is 4.59. The monoisotopic (exact) mass is 213 g/mol. The van der Waals surface area contributed by atoms with Crippen LogP contribution >= 0.6 is 0 Å². The van der Waals surface area contributed by atoms with E-state index in [4.69, 9.17) is 5.73 Å². The Hall–Kier alpha value is -0.0800. The van der Waals surface area contributed by atoms with Crippen molar-refractivity contribution >= 4 is 0 Å². The van der Waals surface area contributed by atoms with Gasteiger partial charge in [-0.05, 0) is 50.4 Å². The van der Waals surface area contributed by atoms with Crippen LogP contribution in [0.2, 0.25) is 0 Å². The molecule has 0 amide bonds. The second-order valence-electron chi connectivity index (χ2n) is 6.14. The van der Waals surface area contributed by atoms with Gasteiger partial charge in [-0.15, -0.1) is 0 Å². The van der Waals surface area contributed by atoms with Crippen molar-refractivity contribution in [2.24, 2.45) is 23.0 Å². The zero-order chi connectivity index (χ0) is 11.7. The van der Waals surface area contributed by atoms with E-state index in [9.17, 15) is 5.11 Å². The fourth-order valence-electron chi connectivity index (χ4n) is 3.50. The molecule has 1 rings (SSSR count). The molecule has 2 heteroatoms. The summed E-state index contributed by atoms with van der Waals surface area (Å²) < 4.78 is 0. The van der Waals surface area contributed by atoms with Crippen LogP contribution in [0.3, 0.4) is 0 Å². The van der Waals surface area contributed by atoms with Crippen molar-refractivity contribution in [3.05, 3.63) is 0 Å². The fraction of sp³-hybridized carbons (Fsp3) is 1.00. The lowest BCUT2D eigenvalue weighted by Gasteiger charge is -2.53. The Bertz CT molecular complexity index is 209. The van der Waals surface area contributed by atoms with Crippen molar-refractivity contribution in [3.63, 3.8) is 0 Å². The predicted octanol–water partition coefficient (Wildman–Crippen LogP) is 2.55. The van der Waals surface area contributed by atoms with E-state index in [1.807, 2.05) is 0 Å². The zero-order valence-corrected chi connectivity index (χ0v) is 10.7. The Balaban J connectivity index is 2.96. The summed E-state index contributed by atoms with van der Waals surface area (Å²) in [4.78, 5) is 0. The molecule has 90 valence electrons. The van der Waals surface area contributed by atoms with E-state index in [1.54, 1.807) is 0 Å². The van der Waals surface area contributed by atoms with Crippen molar-refractivity contribution in [3.8, 4) is 0 Å². The van der Waals surface area contributed by atoms with E-state index in [0.29, 0.717) is 5.92 Å². The Labute approximate surface area is 94.2 Å². The molecule has 1 aliphatic carbocycles. The molecule has 3 N–H and O–H groups in total. The van der Waals surface area contributed by atoms with Gasteiger partial charge < -0.3 is 10.8 Å². The highest BCUT2D eigenvalue weighted by atomic mass is 16.3. The van der Waals surface area contributed by atoms with Crippen LogP contribution in [0, 0.1) is 17.3 Å². The van der Waals surface area contributed by atoms with Crippen LogP contribution < -0.4 is 5.73 Å². The van der Waals surface area contributed by atoms with Crippen LogP contribution in [-0.2, 0) is 0 Å². The average molecular weight is 213 g/mol. The number of hydrogen-bond acceptors (Lipinski definition) is 2. The van der Waals surface area contributed by atoms with Gasteiger partial charge in [0.2, 0.25) is 0 Å². The van der Waals surface area contributed by atoms with Crippen LogP contribution in [0.5, 0.6) is 0 Å². The first-order valence-corrected chi connectivity index (χ1v) is 6.23. The van der Waals surface area contributed by atoms with Crippen molar-refractivity contribution in [2.75, 3.05) is 6.61 Å². The van der Waals surface area contributed by atoms with Crippen LogP contribution in [0.25, 0.3) is 0 Å². The van der Waals surface area contributed by atoms with E-state index < -0.39 is 0 Å². The molecule has 0 aromatic carbocycles. The van der Waals surface area contributed by atoms with E-state index in [2.05, 4.69) is 27.7 Å². The average Bonchev–Trinajstić information content (AvgIpc) is 2.10. The summed E-state index contributed by atoms with van der Waals surface area (Å²) in [6.07, 6.45) is 4.58. The Morgan fingerprint density at radius 1 is 1.33 bits per heavy atom. The normalized spacial score (nSPS) is 38.0. The van der Waals surface area contributed by atoms with Gasteiger partial charge in [0.1, 0.15) is 0 Å². The van der Waals surface area contributed by atoms with Crippen molar-refractivity contribution in [1.29, 1.82) is 0 Å². The quantitative estimate of drug-likeness (QED) is 0.757. The van der Waals surface area contributed by atoms with E-state index in [0.717, 1.165) is 18.8 Å². The number of hydrogen-bond donors (Lipinski definition) is 2. The van der Waals surface area contributed by atoms with Crippen LogP contribution in [0.4, 0.5) is 0 Å². The highest BCUT2D eigenvalue weighted by Gasteiger charge is 2.48. The van der Waals surface area contributed by atoms with Gasteiger partial charge in [0, 0.05) is 12.1 Å². The second-order valence-corrected chi connectivity index (χ2v) is 6.14. The summed E-state index contributed by atoms with van der Waals surface area (Å²) in [5.41, 5.74) is 6.31.